The van der Waals surface area contributed by atoms with Crippen LogP contribution in [0.5, 0.6) is 0 Å². The average Bonchev–Trinajstić information content (AvgIpc) is 2.34. The Balaban J connectivity index is 2.77. The zero-order valence-corrected chi connectivity index (χ0v) is 6.50. The summed E-state index contributed by atoms with van der Waals surface area (Å²) in [5.74, 6) is 0. The second kappa shape index (κ2) is 3.18. The minimum absolute atomic E-state index is 0.0845. The topological polar surface area (TPSA) is 92.5 Å². The van der Waals surface area contributed by atoms with Crippen LogP contribution in [-0.2, 0) is 0 Å². The van der Waals surface area contributed by atoms with Crippen LogP contribution in [0, 0.1) is 10.1 Å². The number of hydrogen-bond donors (Lipinski definition) is 2. The Bertz CT molecular complexity index is 321. The zero-order chi connectivity index (χ0) is 9.14. The smallest absolute Gasteiger partial charge is 0.409 e. The summed E-state index contributed by atoms with van der Waals surface area (Å²) < 4.78 is 0. The van der Waals surface area contributed by atoms with Gasteiger partial charge in [-0.2, -0.15) is 0 Å². The first-order valence-corrected chi connectivity index (χ1v) is 3.65. The standard InChI is InChI=1S/C5H4N2O4S/c8-5(9)6-3-1-2-4(12-3)7(10)11/h1-2,6H,(H,8,9). The second-order valence-electron chi connectivity index (χ2n) is 1.83. The third kappa shape index (κ3) is 1.92. The van der Waals surface area contributed by atoms with Gasteiger partial charge < -0.3 is 5.11 Å². The number of hydrogen-bond acceptors (Lipinski definition) is 4. The SMILES string of the molecule is O=C(O)Nc1ccc([N+](=O)[O-])s1. The molecule has 12 heavy (non-hydrogen) atoms. The van der Waals surface area contributed by atoms with E-state index in [2.05, 4.69) is 0 Å². The molecule has 0 aliphatic carbocycles. The Morgan fingerprint density at radius 3 is 2.75 bits per heavy atom. The van der Waals surface area contributed by atoms with Gasteiger partial charge in [-0.25, -0.2) is 4.79 Å². The van der Waals surface area contributed by atoms with Crippen LogP contribution in [0.25, 0.3) is 0 Å². The number of nitrogens with one attached hydrogen (secondary N) is 1. The molecular formula is C5H4N2O4S. The molecule has 0 atom stereocenters. The van der Waals surface area contributed by atoms with Crippen molar-refractivity contribution in [3.05, 3.63) is 22.2 Å². The van der Waals surface area contributed by atoms with E-state index in [0.717, 1.165) is 11.3 Å². The lowest BCUT2D eigenvalue weighted by Gasteiger charge is -1.90. The number of amides is 1. The van der Waals surface area contributed by atoms with Gasteiger partial charge in [0.15, 0.2) is 0 Å². The first-order valence-electron chi connectivity index (χ1n) is 2.84. The molecule has 1 rings (SSSR count). The largest absolute Gasteiger partial charge is 0.465 e. The van der Waals surface area contributed by atoms with Crippen LogP contribution in [0.15, 0.2) is 12.1 Å². The van der Waals surface area contributed by atoms with E-state index < -0.39 is 11.0 Å². The molecule has 1 heterocycles. The van der Waals surface area contributed by atoms with Crippen molar-refractivity contribution < 1.29 is 14.8 Å². The highest BCUT2D eigenvalue weighted by Gasteiger charge is 2.10. The molecule has 0 bridgehead atoms. The Morgan fingerprint density at radius 1 is 1.67 bits per heavy atom. The van der Waals surface area contributed by atoms with E-state index in [4.69, 9.17) is 5.11 Å². The molecule has 2 N–H and O–H groups in total. The minimum Gasteiger partial charge on any atom is -0.465 e. The van der Waals surface area contributed by atoms with Gasteiger partial charge in [-0.05, 0) is 17.4 Å². The van der Waals surface area contributed by atoms with E-state index in [1.54, 1.807) is 0 Å². The summed E-state index contributed by atoms with van der Waals surface area (Å²) in [6.45, 7) is 0. The molecule has 0 saturated heterocycles. The summed E-state index contributed by atoms with van der Waals surface area (Å²) in [4.78, 5) is 19.6. The summed E-state index contributed by atoms with van der Waals surface area (Å²) in [5, 5.41) is 20.6. The molecule has 0 aliphatic rings. The Morgan fingerprint density at radius 2 is 2.33 bits per heavy atom. The fourth-order valence-corrected chi connectivity index (χ4v) is 1.31. The van der Waals surface area contributed by atoms with Gasteiger partial charge >= 0.3 is 11.1 Å². The summed E-state index contributed by atoms with van der Waals surface area (Å²) in [6.07, 6.45) is -1.23. The van der Waals surface area contributed by atoms with Crippen LogP contribution in [-0.4, -0.2) is 16.1 Å². The quantitative estimate of drug-likeness (QED) is 0.546. The fourth-order valence-electron chi connectivity index (χ4n) is 0.598. The lowest BCUT2D eigenvalue weighted by atomic mass is 10.6. The molecule has 1 amide bonds. The molecule has 7 heteroatoms. The molecule has 0 unspecified atom stereocenters. The molecule has 0 aliphatic heterocycles. The maximum Gasteiger partial charge on any atom is 0.409 e. The van der Waals surface area contributed by atoms with Gasteiger partial charge in [-0.3, -0.25) is 15.4 Å². The van der Waals surface area contributed by atoms with Gasteiger partial charge in [-0.15, -0.1) is 0 Å². The van der Waals surface area contributed by atoms with Gasteiger partial charge in [0.1, 0.15) is 5.00 Å². The third-order valence-corrected chi connectivity index (χ3v) is 1.95. The number of rotatable bonds is 2. The van der Waals surface area contributed by atoms with Crippen molar-refractivity contribution in [1.29, 1.82) is 0 Å². The van der Waals surface area contributed by atoms with Gasteiger partial charge in [0.05, 0.1) is 4.92 Å². The predicted molar refractivity (Wildman–Crippen MR) is 42.6 cm³/mol. The maximum absolute atomic E-state index is 10.1. The summed E-state index contributed by atoms with van der Waals surface area (Å²) in [6, 6.07) is 2.59. The van der Waals surface area contributed by atoms with E-state index in [1.807, 2.05) is 5.32 Å². The number of carbonyl (C=O) groups is 1. The monoisotopic (exact) mass is 188 g/mol. The lowest BCUT2D eigenvalue weighted by molar-refractivity contribution is -0.380. The molecular weight excluding hydrogens is 184 g/mol. The number of anilines is 1. The average molecular weight is 188 g/mol. The Labute approximate surface area is 70.6 Å². The van der Waals surface area contributed by atoms with Crippen molar-refractivity contribution in [3.63, 3.8) is 0 Å². The van der Waals surface area contributed by atoms with E-state index in [-0.39, 0.29) is 10.0 Å². The van der Waals surface area contributed by atoms with Crippen molar-refractivity contribution in [3.8, 4) is 0 Å². The van der Waals surface area contributed by atoms with Crippen molar-refractivity contribution in [2.45, 2.75) is 0 Å². The summed E-state index contributed by atoms with van der Waals surface area (Å²) in [5.41, 5.74) is 0. The van der Waals surface area contributed by atoms with Gasteiger partial charge in [-0.1, -0.05) is 0 Å². The third-order valence-electron chi connectivity index (χ3n) is 1.00. The normalized spacial score (nSPS) is 9.33. The number of carboxylic acid groups (broad SMARTS) is 1. The molecule has 1 aromatic heterocycles. The van der Waals surface area contributed by atoms with Crippen LogP contribution >= 0.6 is 11.3 Å². The van der Waals surface area contributed by atoms with Crippen molar-refractivity contribution in [1.82, 2.24) is 0 Å². The number of nitrogens with zero attached hydrogens (tertiary/aromatic N) is 1. The maximum atomic E-state index is 10.1. The molecule has 0 fully saturated rings. The van der Waals surface area contributed by atoms with Gasteiger partial charge in [0.25, 0.3) is 0 Å². The van der Waals surface area contributed by atoms with Crippen molar-refractivity contribution >= 4 is 27.4 Å². The molecule has 0 saturated carbocycles. The number of nitro groups is 1. The predicted octanol–water partition coefficient (Wildman–Crippen LogP) is 1.75. The van der Waals surface area contributed by atoms with E-state index in [0.29, 0.717) is 0 Å². The lowest BCUT2D eigenvalue weighted by Crippen LogP contribution is -2.05. The molecule has 1 aromatic rings. The van der Waals surface area contributed by atoms with Crippen LogP contribution < -0.4 is 5.32 Å². The van der Waals surface area contributed by atoms with Crippen LogP contribution in [0.4, 0.5) is 14.8 Å². The summed E-state index contributed by atoms with van der Waals surface area (Å²) in [7, 11) is 0. The van der Waals surface area contributed by atoms with Crippen molar-refractivity contribution in [2.75, 3.05) is 5.32 Å². The second-order valence-corrected chi connectivity index (χ2v) is 2.89. The highest BCUT2D eigenvalue weighted by atomic mass is 32.1. The van der Waals surface area contributed by atoms with Gasteiger partial charge in [0.2, 0.25) is 0 Å². The fraction of sp³-hybridized carbons (Fsp3) is 0. The first-order chi connectivity index (χ1) is 5.59. The molecule has 64 valence electrons. The number of thiophene rings is 1. The molecule has 0 radical (unpaired) electrons. The van der Waals surface area contributed by atoms with Gasteiger partial charge in [0, 0.05) is 6.07 Å². The van der Waals surface area contributed by atoms with E-state index >= 15 is 0 Å². The molecule has 6 nitrogen and oxygen atoms in total. The first kappa shape index (κ1) is 8.47. The Kier molecular flexibility index (Phi) is 2.24. The minimum atomic E-state index is -1.23. The zero-order valence-electron chi connectivity index (χ0n) is 5.68. The molecule has 0 aromatic carbocycles. The van der Waals surface area contributed by atoms with Crippen LogP contribution in [0.1, 0.15) is 0 Å². The summed E-state index contributed by atoms with van der Waals surface area (Å²) >= 11 is 0.778. The van der Waals surface area contributed by atoms with Crippen molar-refractivity contribution in [2.24, 2.45) is 0 Å². The van der Waals surface area contributed by atoms with Crippen LogP contribution in [0.2, 0.25) is 0 Å². The highest BCUT2D eigenvalue weighted by molar-refractivity contribution is 7.19. The van der Waals surface area contributed by atoms with Crippen LogP contribution in [0.3, 0.4) is 0 Å². The molecule has 0 spiro atoms. The van der Waals surface area contributed by atoms with E-state index in [9.17, 15) is 14.9 Å². The van der Waals surface area contributed by atoms with E-state index in [1.165, 1.54) is 12.1 Å². The Hall–Kier alpha value is -1.63. The highest BCUT2D eigenvalue weighted by Crippen LogP contribution is 2.27.